The zero-order valence-corrected chi connectivity index (χ0v) is 16.5. The number of ether oxygens (including phenoxy) is 1. The first-order valence-corrected chi connectivity index (χ1v) is 9.02. The average Bonchev–Trinajstić information content (AvgIpc) is 3.03. The van der Waals surface area contributed by atoms with Crippen molar-refractivity contribution in [1.29, 1.82) is 0 Å². The molecule has 1 aromatic rings. The summed E-state index contributed by atoms with van der Waals surface area (Å²) < 4.78 is 10.9. The van der Waals surface area contributed by atoms with Crippen molar-refractivity contribution in [2.45, 2.75) is 65.0 Å². The Balaban J connectivity index is 1.79. The third-order valence-corrected chi connectivity index (χ3v) is 4.06. The highest BCUT2D eigenvalue weighted by atomic mass is 16.6. The van der Waals surface area contributed by atoms with Crippen LogP contribution in [0.15, 0.2) is 22.6 Å². The Kier molecular flexibility index (Phi) is 5.84. The highest BCUT2D eigenvalue weighted by molar-refractivity contribution is 5.91. The molecular weight excluding hydrogens is 332 g/mol. The highest BCUT2D eigenvalue weighted by Crippen LogP contribution is 2.47. The summed E-state index contributed by atoms with van der Waals surface area (Å²) in [7, 11) is 0. The lowest BCUT2D eigenvalue weighted by Gasteiger charge is -2.27. The number of carbonyl (C=O) groups is 2. The summed E-state index contributed by atoms with van der Waals surface area (Å²) in [5.41, 5.74) is -1.17. The first-order valence-electron chi connectivity index (χ1n) is 9.02. The Labute approximate surface area is 155 Å². The van der Waals surface area contributed by atoms with E-state index in [2.05, 4.69) is 17.6 Å². The topological polar surface area (TPSA) is 80.6 Å². The molecule has 1 aromatic heterocycles. The molecule has 26 heavy (non-hydrogen) atoms. The molecule has 1 saturated carbocycles. The van der Waals surface area contributed by atoms with Crippen molar-refractivity contribution in [1.82, 2.24) is 10.6 Å². The first-order chi connectivity index (χ1) is 12.0. The number of rotatable bonds is 6. The zero-order valence-electron chi connectivity index (χ0n) is 16.5. The van der Waals surface area contributed by atoms with Crippen LogP contribution in [0.1, 0.15) is 65.4 Å². The van der Waals surface area contributed by atoms with E-state index in [4.69, 9.17) is 9.15 Å². The van der Waals surface area contributed by atoms with Gasteiger partial charge in [0.1, 0.15) is 17.1 Å². The summed E-state index contributed by atoms with van der Waals surface area (Å²) in [6.07, 6.45) is 3.75. The normalized spacial score (nSPS) is 20.1. The van der Waals surface area contributed by atoms with E-state index < -0.39 is 17.2 Å². The van der Waals surface area contributed by atoms with Gasteiger partial charge < -0.3 is 19.8 Å². The van der Waals surface area contributed by atoms with Gasteiger partial charge in [0.2, 0.25) is 5.91 Å². The summed E-state index contributed by atoms with van der Waals surface area (Å²) in [6, 6.07) is 3.85. The Morgan fingerprint density at radius 2 is 1.92 bits per heavy atom. The Hall–Kier alpha value is -2.24. The van der Waals surface area contributed by atoms with Gasteiger partial charge in [0, 0.05) is 18.5 Å². The van der Waals surface area contributed by atoms with Crippen molar-refractivity contribution in [2.75, 3.05) is 6.54 Å². The van der Waals surface area contributed by atoms with Gasteiger partial charge >= 0.3 is 6.09 Å². The van der Waals surface area contributed by atoms with Gasteiger partial charge in [-0.05, 0) is 65.2 Å². The maximum absolute atomic E-state index is 12.1. The SMILES string of the molecule is CC1CC1c1ccc(/C=C/C(=O)NC(C)(C)CNC(=O)OC(C)(C)C)o1. The summed E-state index contributed by atoms with van der Waals surface area (Å²) in [6.45, 7) is 11.5. The van der Waals surface area contributed by atoms with Crippen molar-refractivity contribution in [3.63, 3.8) is 0 Å². The lowest BCUT2D eigenvalue weighted by Crippen LogP contribution is -2.51. The van der Waals surface area contributed by atoms with E-state index in [-0.39, 0.29) is 12.5 Å². The van der Waals surface area contributed by atoms with E-state index in [9.17, 15) is 9.59 Å². The maximum atomic E-state index is 12.1. The lowest BCUT2D eigenvalue weighted by atomic mass is 10.1. The van der Waals surface area contributed by atoms with E-state index >= 15 is 0 Å². The zero-order chi connectivity index (χ0) is 19.5. The fourth-order valence-corrected chi connectivity index (χ4v) is 2.56. The molecule has 2 amide bonds. The molecule has 1 aliphatic carbocycles. The van der Waals surface area contributed by atoms with Gasteiger partial charge in [-0.15, -0.1) is 0 Å². The molecule has 0 aliphatic heterocycles. The quantitative estimate of drug-likeness (QED) is 0.754. The van der Waals surface area contributed by atoms with Crippen LogP contribution in [0, 0.1) is 5.92 Å². The molecule has 1 aliphatic rings. The molecule has 6 heteroatoms. The second-order valence-corrected chi connectivity index (χ2v) is 8.62. The number of hydrogen-bond acceptors (Lipinski definition) is 4. The first kappa shape index (κ1) is 20.1. The van der Waals surface area contributed by atoms with Crippen LogP contribution in [-0.2, 0) is 9.53 Å². The van der Waals surface area contributed by atoms with Gasteiger partial charge in [0.05, 0.1) is 5.54 Å². The highest BCUT2D eigenvalue weighted by Gasteiger charge is 2.36. The molecule has 2 rings (SSSR count). The number of alkyl carbamates (subject to hydrolysis) is 1. The largest absolute Gasteiger partial charge is 0.461 e. The molecule has 2 atom stereocenters. The molecule has 0 spiro atoms. The number of nitrogens with one attached hydrogen (secondary N) is 2. The third kappa shape index (κ3) is 6.58. The Morgan fingerprint density at radius 1 is 1.27 bits per heavy atom. The Bertz CT molecular complexity index is 682. The molecule has 1 fully saturated rings. The summed E-state index contributed by atoms with van der Waals surface area (Å²) >= 11 is 0. The van der Waals surface area contributed by atoms with E-state index in [1.165, 1.54) is 6.08 Å². The van der Waals surface area contributed by atoms with Crippen molar-refractivity contribution in [3.8, 4) is 0 Å². The molecule has 2 N–H and O–H groups in total. The minimum Gasteiger partial charge on any atom is -0.461 e. The van der Waals surface area contributed by atoms with E-state index in [0.717, 1.165) is 12.2 Å². The smallest absolute Gasteiger partial charge is 0.407 e. The number of hydrogen-bond donors (Lipinski definition) is 2. The molecule has 0 saturated heterocycles. The van der Waals surface area contributed by atoms with Crippen LogP contribution in [0.5, 0.6) is 0 Å². The molecule has 6 nitrogen and oxygen atoms in total. The van der Waals surface area contributed by atoms with Crippen LogP contribution < -0.4 is 10.6 Å². The van der Waals surface area contributed by atoms with Crippen molar-refractivity contribution in [2.24, 2.45) is 5.92 Å². The van der Waals surface area contributed by atoms with E-state index in [0.29, 0.717) is 17.6 Å². The molecule has 1 heterocycles. The van der Waals surface area contributed by atoms with Gasteiger partial charge in [0.15, 0.2) is 0 Å². The Morgan fingerprint density at radius 3 is 2.50 bits per heavy atom. The van der Waals surface area contributed by atoms with Gasteiger partial charge in [-0.3, -0.25) is 4.79 Å². The molecule has 2 unspecified atom stereocenters. The second-order valence-electron chi connectivity index (χ2n) is 8.62. The predicted octanol–water partition coefficient (Wildman–Crippen LogP) is 3.84. The van der Waals surface area contributed by atoms with Crippen LogP contribution in [0.25, 0.3) is 6.08 Å². The molecule has 144 valence electrons. The standard InChI is InChI=1S/C20H30N2O4/c1-13-11-15(13)16-9-7-14(25-16)8-10-17(23)22-20(5,6)12-21-18(24)26-19(2,3)4/h7-10,13,15H,11-12H2,1-6H3,(H,21,24)(H,22,23)/b10-8+. The van der Waals surface area contributed by atoms with E-state index in [1.54, 1.807) is 26.8 Å². The molecular formula is C20H30N2O4. The third-order valence-electron chi connectivity index (χ3n) is 4.06. The fourth-order valence-electron chi connectivity index (χ4n) is 2.56. The summed E-state index contributed by atoms with van der Waals surface area (Å²) in [5.74, 6) is 2.60. The summed E-state index contributed by atoms with van der Waals surface area (Å²) in [4.78, 5) is 23.8. The van der Waals surface area contributed by atoms with Gasteiger partial charge in [-0.25, -0.2) is 4.79 Å². The van der Waals surface area contributed by atoms with Gasteiger partial charge in [-0.1, -0.05) is 6.92 Å². The fraction of sp³-hybridized carbons (Fsp3) is 0.600. The molecule has 0 bridgehead atoms. The van der Waals surface area contributed by atoms with Gasteiger partial charge in [-0.2, -0.15) is 0 Å². The van der Waals surface area contributed by atoms with Crippen LogP contribution in [-0.4, -0.2) is 29.7 Å². The van der Waals surface area contributed by atoms with E-state index in [1.807, 2.05) is 26.0 Å². The molecule has 0 aromatic carbocycles. The second kappa shape index (κ2) is 7.56. The van der Waals surface area contributed by atoms with Crippen LogP contribution in [0.3, 0.4) is 0 Å². The number of furan rings is 1. The lowest BCUT2D eigenvalue weighted by molar-refractivity contribution is -0.117. The number of carbonyl (C=O) groups excluding carboxylic acids is 2. The molecule has 0 radical (unpaired) electrons. The van der Waals surface area contributed by atoms with Crippen molar-refractivity contribution >= 4 is 18.1 Å². The minimum atomic E-state index is -0.615. The summed E-state index contributed by atoms with van der Waals surface area (Å²) in [5, 5.41) is 5.52. The van der Waals surface area contributed by atoms with Crippen molar-refractivity contribution in [3.05, 3.63) is 29.7 Å². The predicted molar refractivity (Wildman–Crippen MR) is 101 cm³/mol. The van der Waals surface area contributed by atoms with Crippen LogP contribution >= 0.6 is 0 Å². The van der Waals surface area contributed by atoms with Crippen molar-refractivity contribution < 1.29 is 18.7 Å². The number of amides is 2. The average molecular weight is 362 g/mol. The van der Waals surface area contributed by atoms with Gasteiger partial charge in [0.25, 0.3) is 0 Å². The maximum Gasteiger partial charge on any atom is 0.407 e. The van der Waals surface area contributed by atoms with Crippen LogP contribution in [0.2, 0.25) is 0 Å². The minimum absolute atomic E-state index is 0.251. The van der Waals surface area contributed by atoms with Crippen LogP contribution in [0.4, 0.5) is 4.79 Å². The monoisotopic (exact) mass is 362 g/mol.